The number of carbonyl (C=O) groups is 1. The minimum absolute atomic E-state index is 0.0668. The summed E-state index contributed by atoms with van der Waals surface area (Å²) in [5, 5.41) is 10.1. The molecule has 7 rings (SSSR count). The fourth-order valence-corrected chi connectivity index (χ4v) is 7.21. The number of benzene rings is 3. The van der Waals surface area contributed by atoms with Crippen molar-refractivity contribution in [1.29, 1.82) is 5.26 Å². The van der Waals surface area contributed by atoms with Crippen LogP contribution in [-0.4, -0.2) is 66.0 Å². The van der Waals surface area contributed by atoms with Gasteiger partial charge in [-0.3, -0.25) is 4.79 Å². The first-order chi connectivity index (χ1) is 21.1. The molecule has 1 aromatic heterocycles. The van der Waals surface area contributed by atoms with Gasteiger partial charge in [-0.15, -0.1) is 0 Å². The Kier molecular flexibility index (Phi) is 7.54. The van der Waals surface area contributed by atoms with E-state index < -0.39 is 0 Å². The van der Waals surface area contributed by atoms with Crippen LogP contribution in [0, 0.1) is 17.1 Å². The van der Waals surface area contributed by atoms with Gasteiger partial charge >= 0.3 is 0 Å². The third-order valence-corrected chi connectivity index (χ3v) is 9.54. The number of nitriles is 1. The predicted octanol–water partition coefficient (Wildman–Crippen LogP) is 6.61. The molecule has 1 unspecified atom stereocenters. The molecule has 7 heteroatoms. The fraction of sp³-hybridized carbons (Fsp3) is 0.361. The second-order valence-electron chi connectivity index (χ2n) is 12.2. The van der Waals surface area contributed by atoms with E-state index >= 15 is 0 Å². The lowest BCUT2D eigenvalue weighted by molar-refractivity contribution is 0.0710. The molecule has 0 spiro atoms. The van der Waals surface area contributed by atoms with Crippen LogP contribution in [0.15, 0.2) is 72.8 Å². The number of pyridine rings is 1. The molecule has 0 bridgehead atoms. The van der Waals surface area contributed by atoms with Crippen LogP contribution in [0.25, 0.3) is 22.0 Å². The largest absolute Gasteiger partial charge is 0.356 e. The van der Waals surface area contributed by atoms with Gasteiger partial charge < -0.3 is 14.7 Å². The molecule has 43 heavy (non-hydrogen) atoms. The molecular weight excluding hydrogens is 537 g/mol. The van der Waals surface area contributed by atoms with Crippen LogP contribution < -0.4 is 4.90 Å². The Morgan fingerprint density at radius 3 is 2.49 bits per heavy atom. The lowest BCUT2D eigenvalue weighted by atomic mass is 9.98. The standard InChI is InChI=1S/C36H36FN5O/c37-33-8-2-1-7-30(33)28-15-19-41(23-28)35-21-32(36(43)42-18-5-6-29(42)24-40-16-3-4-17-40)31-20-27(13-14-34(31)39-35)26-11-9-25(22-38)10-12-26/h1-2,7-14,20-21,28-29H,3-6,15-19,23-24H2/t28?,29-/m0/s1. The highest BCUT2D eigenvalue weighted by Crippen LogP contribution is 2.35. The van der Waals surface area contributed by atoms with Crippen molar-refractivity contribution in [1.82, 2.24) is 14.8 Å². The van der Waals surface area contributed by atoms with Crippen molar-refractivity contribution in [3.8, 4) is 17.2 Å². The van der Waals surface area contributed by atoms with Crippen molar-refractivity contribution in [2.75, 3.05) is 44.2 Å². The zero-order valence-corrected chi connectivity index (χ0v) is 24.4. The number of aromatic nitrogens is 1. The summed E-state index contributed by atoms with van der Waals surface area (Å²) in [6.45, 7) is 5.37. The van der Waals surface area contributed by atoms with Crippen molar-refractivity contribution in [3.05, 3.63) is 95.3 Å². The maximum Gasteiger partial charge on any atom is 0.254 e. The number of fused-ring (bicyclic) bond motifs is 1. The molecule has 0 radical (unpaired) electrons. The summed E-state index contributed by atoms with van der Waals surface area (Å²) in [6, 6.07) is 25.0. The van der Waals surface area contributed by atoms with Gasteiger partial charge in [-0.05, 0) is 98.3 Å². The summed E-state index contributed by atoms with van der Waals surface area (Å²) in [7, 11) is 0. The molecule has 218 valence electrons. The third kappa shape index (κ3) is 5.48. The Morgan fingerprint density at radius 2 is 1.70 bits per heavy atom. The van der Waals surface area contributed by atoms with E-state index in [4.69, 9.17) is 4.98 Å². The monoisotopic (exact) mass is 573 g/mol. The molecule has 4 heterocycles. The number of amides is 1. The number of hydrogen-bond acceptors (Lipinski definition) is 5. The average molecular weight is 574 g/mol. The molecule has 3 aliphatic heterocycles. The first-order valence-electron chi connectivity index (χ1n) is 15.6. The Balaban J connectivity index is 1.26. The van der Waals surface area contributed by atoms with Crippen molar-refractivity contribution in [3.63, 3.8) is 0 Å². The van der Waals surface area contributed by atoms with E-state index in [9.17, 15) is 14.4 Å². The van der Waals surface area contributed by atoms with Gasteiger partial charge in [0.05, 0.1) is 22.7 Å². The minimum atomic E-state index is -0.162. The van der Waals surface area contributed by atoms with E-state index in [2.05, 4.69) is 26.8 Å². The van der Waals surface area contributed by atoms with Gasteiger partial charge in [0.2, 0.25) is 0 Å². The molecule has 3 fully saturated rings. The third-order valence-electron chi connectivity index (χ3n) is 9.54. The van der Waals surface area contributed by atoms with Crippen LogP contribution >= 0.6 is 0 Å². The molecule has 3 aromatic carbocycles. The highest BCUT2D eigenvalue weighted by atomic mass is 19.1. The molecule has 1 amide bonds. The topological polar surface area (TPSA) is 63.5 Å². The first-order valence-corrected chi connectivity index (χ1v) is 15.6. The second-order valence-corrected chi connectivity index (χ2v) is 12.2. The van der Waals surface area contributed by atoms with Crippen LogP contribution in [0.2, 0.25) is 0 Å². The molecular formula is C36H36FN5O. The van der Waals surface area contributed by atoms with Gasteiger partial charge in [0.1, 0.15) is 11.6 Å². The summed E-state index contributed by atoms with van der Waals surface area (Å²) in [5.74, 6) is 0.762. The summed E-state index contributed by atoms with van der Waals surface area (Å²) in [4.78, 5) is 26.3. The molecule has 6 nitrogen and oxygen atoms in total. The number of hydrogen-bond donors (Lipinski definition) is 0. The van der Waals surface area contributed by atoms with E-state index in [0.717, 1.165) is 85.4 Å². The van der Waals surface area contributed by atoms with Crippen LogP contribution in [0.5, 0.6) is 0 Å². The van der Waals surface area contributed by atoms with Gasteiger partial charge in [0.15, 0.2) is 0 Å². The molecule has 4 aromatic rings. The second kappa shape index (κ2) is 11.8. The average Bonchev–Trinajstić information content (AvgIpc) is 3.84. The molecule has 0 aliphatic carbocycles. The smallest absolute Gasteiger partial charge is 0.254 e. The van der Waals surface area contributed by atoms with Crippen molar-refractivity contribution in [2.24, 2.45) is 0 Å². The Hall–Kier alpha value is -4.28. The van der Waals surface area contributed by atoms with E-state index in [1.165, 1.54) is 18.9 Å². The van der Waals surface area contributed by atoms with E-state index in [1.54, 1.807) is 6.07 Å². The number of rotatable bonds is 6. The van der Waals surface area contributed by atoms with Crippen LogP contribution in [0.3, 0.4) is 0 Å². The Bertz CT molecular complexity index is 1690. The van der Waals surface area contributed by atoms with Crippen molar-refractivity contribution < 1.29 is 9.18 Å². The normalized spacial score (nSPS) is 20.7. The highest BCUT2D eigenvalue weighted by molar-refractivity contribution is 6.08. The van der Waals surface area contributed by atoms with Crippen molar-refractivity contribution >= 4 is 22.6 Å². The van der Waals surface area contributed by atoms with E-state index in [1.807, 2.05) is 54.6 Å². The summed E-state index contributed by atoms with van der Waals surface area (Å²) >= 11 is 0. The lowest BCUT2D eigenvalue weighted by Crippen LogP contribution is -2.42. The number of anilines is 1. The Morgan fingerprint density at radius 1 is 0.907 bits per heavy atom. The minimum Gasteiger partial charge on any atom is -0.356 e. The predicted molar refractivity (Wildman–Crippen MR) is 168 cm³/mol. The summed E-state index contributed by atoms with van der Waals surface area (Å²) in [6.07, 6.45) is 5.37. The zero-order chi connectivity index (χ0) is 29.3. The fourth-order valence-electron chi connectivity index (χ4n) is 7.21. The molecule has 0 N–H and O–H groups in total. The Labute approximate surface area is 252 Å². The van der Waals surface area contributed by atoms with Gasteiger partial charge in [0, 0.05) is 43.5 Å². The molecule has 2 atom stereocenters. The van der Waals surface area contributed by atoms with E-state index in [0.29, 0.717) is 17.7 Å². The van der Waals surface area contributed by atoms with Crippen LogP contribution in [-0.2, 0) is 0 Å². The maximum absolute atomic E-state index is 14.6. The quantitative estimate of drug-likeness (QED) is 0.260. The van der Waals surface area contributed by atoms with Gasteiger partial charge in [-0.1, -0.05) is 36.4 Å². The molecule has 3 saturated heterocycles. The first kappa shape index (κ1) is 27.5. The van der Waals surface area contributed by atoms with E-state index in [-0.39, 0.29) is 23.7 Å². The number of nitrogens with zero attached hydrogens (tertiary/aromatic N) is 5. The van der Waals surface area contributed by atoms with Crippen LogP contribution in [0.1, 0.15) is 59.5 Å². The molecule has 3 aliphatic rings. The molecule has 0 saturated carbocycles. The number of halogens is 1. The number of carbonyl (C=O) groups excluding carboxylic acids is 1. The maximum atomic E-state index is 14.6. The zero-order valence-electron chi connectivity index (χ0n) is 24.4. The summed E-state index contributed by atoms with van der Waals surface area (Å²) in [5.41, 5.74) is 4.79. The lowest BCUT2D eigenvalue weighted by Gasteiger charge is -2.29. The van der Waals surface area contributed by atoms with Crippen molar-refractivity contribution in [2.45, 2.75) is 44.1 Å². The van der Waals surface area contributed by atoms with Gasteiger partial charge in [-0.2, -0.15) is 5.26 Å². The van der Waals surface area contributed by atoms with Gasteiger partial charge in [-0.25, -0.2) is 9.37 Å². The van der Waals surface area contributed by atoms with Gasteiger partial charge in [0.25, 0.3) is 5.91 Å². The number of likely N-dealkylation sites (tertiary alicyclic amines) is 2. The SMILES string of the molecule is N#Cc1ccc(-c2ccc3nc(N4CCC(c5ccccc5F)C4)cc(C(=O)N4CCC[C@H]4CN4CCCC4)c3c2)cc1. The highest BCUT2D eigenvalue weighted by Gasteiger charge is 2.33. The summed E-state index contributed by atoms with van der Waals surface area (Å²) < 4.78 is 14.6. The van der Waals surface area contributed by atoms with Crippen LogP contribution in [0.4, 0.5) is 10.2 Å².